The number of benzene rings is 2. The average molecular weight is 355 g/mol. The minimum atomic E-state index is -0.488. The second kappa shape index (κ2) is 8.32. The Hall–Kier alpha value is -2.40. The number of amides is 1. The molecule has 0 bridgehead atoms. The number of hydrogen-bond acceptors (Lipinski definition) is 3. The fourth-order valence-corrected chi connectivity index (χ4v) is 3.44. The molecule has 0 spiro atoms. The van der Waals surface area contributed by atoms with E-state index in [0.29, 0.717) is 6.54 Å². The van der Waals surface area contributed by atoms with Crippen LogP contribution in [0.1, 0.15) is 34.8 Å². The first kappa shape index (κ1) is 18.4. The fourth-order valence-electron chi connectivity index (χ4n) is 3.44. The van der Waals surface area contributed by atoms with Gasteiger partial charge in [0.1, 0.15) is 5.82 Å². The Morgan fingerprint density at radius 2 is 1.77 bits per heavy atom. The van der Waals surface area contributed by atoms with E-state index in [0.717, 1.165) is 18.8 Å². The van der Waals surface area contributed by atoms with Gasteiger partial charge in [0, 0.05) is 26.3 Å². The van der Waals surface area contributed by atoms with Gasteiger partial charge in [-0.3, -0.25) is 9.69 Å². The zero-order chi connectivity index (χ0) is 18.5. The minimum Gasteiger partial charge on any atom is -0.378 e. The van der Waals surface area contributed by atoms with Gasteiger partial charge in [-0.2, -0.15) is 0 Å². The van der Waals surface area contributed by atoms with Crippen molar-refractivity contribution in [2.75, 3.05) is 38.6 Å². The van der Waals surface area contributed by atoms with Crippen molar-refractivity contribution < 1.29 is 9.18 Å². The molecule has 1 N–H and O–H groups in total. The third-order valence-corrected chi connectivity index (χ3v) is 4.95. The number of hydrogen-bond donors (Lipinski definition) is 1. The van der Waals surface area contributed by atoms with E-state index in [1.807, 2.05) is 14.1 Å². The Morgan fingerprint density at radius 3 is 2.38 bits per heavy atom. The molecule has 3 rings (SSSR count). The first-order valence-electron chi connectivity index (χ1n) is 9.10. The fraction of sp³-hybridized carbons (Fsp3) is 0.381. The van der Waals surface area contributed by atoms with E-state index in [2.05, 4.69) is 39.4 Å². The van der Waals surface area contributed by atoms with Gasteiger partial charge in [0.2, 0.25) is 0 Å². The SMILES string of the molecule is CN(C)c1ccc(C(CNC(=O)c2ccccc2F)N2CCCC2)cc1. The Kier molecular flexibility index (Phi) is 5.89. The Morgan fingerprint density at radius 1 is 1.12 bits per heavy atom. The molecule has 1 amide bonds. The highest BCUT2D eigenvalue weighted by atomic mass is 19.1. The lowest BCUT2D eigenvalue weighted by molar-refractivity contribution is 0.0934. The van der Waals surface area contributed by atoms with Crippen LogP contribution in [0.3, 0.4) is 0 Å². The van der Waals surface area contributed by atoms with Gasteiger partial charge in [0.25, 0.3) is 5.91 Å². The molecule has 1 aliphatic heterocycles. The summed E-state index contributed by atoms with van der Waals surface area (Å²) >= 11 is 0. The van der Waals surface area contributed by atoms with Crippen molar-refractivity contribution in [2.45, 2.75) is 18.9 Å². The van der Waals surface area contributed by atoms with Crippen molar-refractivity contribution in [3.05, 3.63) is 65.5 Å². The number of carbonyl (C=O) groups excluding carboxylic acids is 1. The molecule has 0 radical (unpaired) electrons. The standard InChI is InChI=1S/C21H26FN3O/c1-24(2)17-11-9-16(10-12-17)20(25-13-5-6-14-25)15-23-21(26)18-7-3-4-8-19(18)22/h3-4,7-12,20H,5-6,13-15H2,1-2H3,(H,23,26). The highest BCUT2D eigenvalue weighted by Gasteiger charge is 2.24. The predicted molar refractivity (Wildman–Crippen MR) is 103 cm³/mol. The van der Waals surface area contributed by atoms with Crippen LogP contribution in [-0.4, -0.2) is 44.5 Å². The maximum atomic E-state index is 13.8. The summed E-state index contributed by atoms with van der Waals surface area (Å²) in [5.41, 5.74) is 2.41. The highest BCUT2D eigenvalue weighted by Crippen LogP contribution is 2.26. The van der Waals surface area contributed by atoms with Crippen LogP contribution in [0, 0.1) is 5.82 Å². The molecule has 138 valence electrons. The largest absolute Gasteiger partial charge is 0.378 e. The number of likely N-dealkylation sites (tertiary alicyclic amines) is 1. The molecule has 26 heavy (non-hydrogen) atoms. The molecule has 2 aromatic carbocycles. The van der Waals surface area contributed by atoms with Crippen molar-refractivity contribution in [1.29, 1.82) is 0 Å². The number of halogens is 1. The Balaban J connectivity index is 1.74. The molecule has 0 saturated carbocycles. The monoisotopic (exact) mass is 355 g/mol. The second-order valence-electron chi connectivity index (χ2n) is 6.93. The smallest absolute Gasteiger partial charge is 0.254 e. The third kappa shape index (κ3) is 4.22. The molecule has 1 atom stereocenters. The molecule has 1 fully saturated rings. The van der Waals surface area contributed by atoms with E-state index < -0.39 is 5.82 Å². The molecular formula is C21H26FN3O. The molecule has 1 aliphatic rings. The lowest BCUT2D eigenvalue weighted by atomic mass is 10.0. The van der Waals surface area contributed by atoms with Crippen LogP contribution >= 0.6 is 0 Å². The van der Waals surface area contributed by atoms with Crippen LogP contribution < -0.4 is 10.2 Å². The lowest BCUT2D eigenvalue weighted by Crippen LogP contribution is -2.37. The molecular weight excluding hydrogens is 329 g/mol. The molecule has 1 heterocycles. The molecule has 1 unspecified atom stereocenters. The summed E-state index contributed by atoms with van der Waals surface area (Å²) in [7, 11) is 4.03. The summed E-state index contributed by atoms with van der Waals surface area (Å²) in [5.74, 6) is -0.852. The predicted octanol–water partition coefficient (Wildman–Crippen LogP) is 3.46. The van der Waals surface area contributed by atoms with E-state index in [1.165, 1.54) is 30.5 Å². The van der Waals surface area contributed by atoms with Crippen LogP contribution in [0.15, 0.2) is 48.5 Å². The highest BCUT2D eigenvalue weighted by molar-refractivity contribution is 5.94. The van der Waals surface area contributed by atoms with Crippen LogP contribution in [-0.2, 0) is 0 Å². The van der Waals surface area contributed by atoms with E-state index in [-0.39, 0.29) is 17.5 Å². The van der Waals surface area contributed by atoms with Gasteiger partial charge in [0.15, 0.2) is 0 Å². The van der Waals surface area contributed by atoms with Gasteiger partial charge in [-0.1, -0.05) is 24.3 Å². The summed E-state index contributed by atoms with van der Waals surface area (Å²) < 4.78 is 13.8. The van der Waals surface area contributed by atoms with Crippen LogP contribution in [0.2, 0.25) is 0 Å². The van der Waals surface area contributed by atoms with Gasteiger partial charge in [-0.25, -0.2) is 4.39 Å². The summed E-state index contributed by atoms with van der Waals surface area (Å²) in [4.78, 5) is 16.8. The average Bonchev–Trinajstić information content (AvgIpc) is 3.17. The van der Waals surface area contributed by atoms with Gasteiger partial charge in [-0.05, 0) is 55.8 Å². The molecule has 0 aliphatic carbocycles. The van der Waals surface area contributed by atoms with Crippen LogP contribution in [0.4, 0.5) is 10.1 Å². The second-order valence-corrected chi connectivity index (χ2v) is 6.93. The number of anilines is 1. The first-order valence-corrected chi connectivity index (χ1v) is 9.10. The van der Waals surface area contributed by atoms with E-state index in [1.54, 1.807) is 12.1 Å². The Labute approximate surface area is 154 Å². The van der Waals surface area contributed by atoms with Gasteiger partial charge in [-0.15, -0.1) is 0 Å². The van der Waals surface area contributed by atoms with Gasteiger partial charge < -0.3 is 10.2 Å². The zero-order valence-electron chi connectivity index (χ0n) is 15.4. The summed E-state index contributed by atoms with van der Waals surface area (Å²) in [6.45, 7) is 2.51. The number of rotatable bonds is 6. The van der Waals surface area contributed by atoms with Crippen molar-refractivity contribution in [1.82, 2.24) is 10.2 Å². The van der Waals surface area contributed by atoms with E-state index in [4.69, 9.17) is 0 Å². The third-order valence-electron chi connectivity index (χ3n) is 4.95. The summed E-state index contributed by atoms with van der Waals surface area (Å²) in [6, 6.07) is 14.6. The number of carbonyl (C=O) groups is 1. The summed E-state index contributed by atoms with van der Waals surface area (Å²) in [5, 5.41) is 2.92. The van der Waals surface area contributed by atoms with Crippen molar-refractivity contribution in [3.8, 4) is 0 Å². The van der Waals surface area contributed by atoms with E-state index in [9.17, 15) is 9.18 Å². The minimum absolute atomic E-state index is 0.0932. The zero-order valence-corrected chi connectivity index (χ0v) is 15.4. The summed E-state index contributed by atoms with van der Waals surface area (Å²) in [6.07, 6.45) is 2.35. The number of nitrogens with zero attached hydrogens (tertiary/aromatic N) is 2. The quantitative estimate of drug-likeness (QED) is 0.862. The lowest BCUT2D eigenvalue weighted by Gasteiger charge is -2.28. The molecule has 4 nitrogen and oxygen atoms in total. The molecule has 0 aromatic heterocycles. The Bertz CT molecular complexity index is 739. The molecule has 1 saturated heterocycles. The van der Waals surface area contributed by atoms with Crippen molar-refractivity contribution in [2.24, 2.45) is 0 Å². The normalized spacial score (nSPS) is 15.7. The van der Waals surface area contributed by atoms with Crippen LogP contribution in [0.25, 0.3) is 0 Å². The molecule has 5 heteroatoms. The maximum Gasteiger partial charge on any atom is 0.254 e. The van der Waals surface area contributed by atoms with Crippen molar-refractivity contribution in [3.63, 3.8) is 0 Å². The van der Waals surface area contributed by atoms with Gasteiger partial charge >= 0.3 is 0 Å². The maximum absolute atomic E-state index is 13.8. The van der Waals surface area contributed by atoms with Crippen LogP contribution in [0.5, 0.6) is 0 Å². The topological polar surface area (TPSA) is 35.6 Å². The molecule has 2 aromatic rings. The van der Waals surface area contributed by atoms with Gasteiger partial charge in [0.05, 0.1) is 11.6 Å². The van der Waals surface area contributed by atoms with Crippen molar-refractivity contribution >= 4 is 11.6 Å². The van der Waals surface area contributed by atoms with E-state index >= 15 is 0 Å². The number of nitrogens with one attached hydrogen (secondary N) is 1. The first-order chi connectivity index (χ1) is 12.6.